The highest BCUT2D eigenvalue weighted by atomic mass is 32.1. The zero-order valence-electron chi connectivity index (χ0n) is 17.3. The molecule has 0 radical (unpaired) electrons. The molecule has 158 valence electrons. The smallest absolute Gasteiger partial charge is 0.129 e. The number of benzene rings is 1. The van der Waals surface area contributed by atoms with Gasteiger partial charge in [-0.25, -0.2) is 14.4 Å². The summed E-state index contributed by atoms with van der Waals surface area (Å²) in [5.41, 5.74) is 2.37. The number of aliphatic hydroxyl groups is 1. The van der Waals surface area contributed by atoms with Gasteiger partial charge in [-0.1, -0.05) is 19.1 Å². The molecule has 2 saturated carbocycles. The van der Waals surface area contributed by atoms with Gasteiger partial charge in [0.2, 0.25) is 0 Å². The third kappa shape index (κ3) is 3.08. The Morgan fingerprint density at radius 3 is 3.07 bits per heavy atom. The van der Waals surface area contributed by atoms with Gasteiger partial charge >= 0.3 is 0 Å². The van der Waals surface area contributed by atoms with E-state index in [9.17, 15) is 9.50 Å². The Balaban J connectivity index is 1.45. The van der Waals surface area contributed by atoms with Crippen molar-refractivity contribution in [2.75, 3.05) is 0 Å². The number of aromatic nitrogens is 2. The second-order valence-electron chi connectivity index (χ2n) is 9.51. The first-order valence-electron chi connectivity index (χ1n) is 11.1. The van der Waals surface area contributed by atoms with Crippen LogP contribution >= 0.6 is 12.2 Å². The molecule has 30 heavy (non-hydrogen) atoms. The number of aliphatic imine (C=N–C) groups is 1. The van der Waals surface area contributed by atoms with Gasteiger partial charge in [-0.2, -0.15) is 0 Å². The van der Waals surface area contributed by atoms with E-state index in [1.165, 1.54) is 12.5 Å². The molecule has 3 aliphatic rings. The lowest BCUT2D eigenvalue weighted by molar-refractivity contribution is -0.0642. The van der Waals surface area contributed by atoms with E-state index in [1.54, 1.807) is 18.6 Å². The molecule has 2 aliphatic carbocycles. The van der Waals surface area contributed by atoms with Crippen molar-refractivity contribution >= 4 is 17.4 Å². The largest absolute Gasteiger partial charge is 0.392 e. The number of imidazole rings is 1. The molecule has 0 spiro atoms. The molecular weight excluding hydrogens is 397 g/mol. The number of hydrogen-bond acceptors (Lipinski definition) is 4. The molecule has 1 N–H and O–H groups in total. The molecule has 2 bridgehead atoms. The topological polar surface area (TPSA) is 50.4 Å². The van der Waals surface area contributed by atoms with Crippen molar-refractivity contribution in [2.24, 2.45) is 22.2 Å². The van der Waals surface area contributed by atoms with E-state index in [2.05, 4.69) is 22.1 Å². The molecule has 5 unspecified atom stereocenters. The van der Waals surface area contributed by atoms with Gasteiger partial charge in [-0.3, -0.25) is 0 Å². The van der Waals surface area contributed by atoms with Crippen molar-refractivity contribution in [2.45, 2.75) is 70.1 Å². The van der Waals surface area contributed by atoms with Crippen molar-refractivity contribution in [3.05, 3.63) is 42.1 Å². The van der Waals surface area contributed by atoms with E-state index in [-0.39, 0.29) is 23.3 Å². The predicted octanol–water partition coefficient (Wildman–Crippen LogP) is 5.42. The van der Waals surface area contributed by atoms with E-state index >= 15 is 0 Å². The fourth-order valence-electron chi connectivity index (χ4n) is 6.66. The van der Waals surface area contributed by atoms with Crippen LogP contribution in [0.15, 0.2) is 35.7 Å². The first-order valence-corrected chi connectivity index (χ1v) is 11.5. The maximum atomic E-state index is 14.8. The van der Waals surface area contributed by atoms with Crippen molar-refractivity contribution < 1.29 is 9.50 Å². The number of fused-ring (bicyclic) bond motifs is 5. The van der Waals surface area contributed by atoms with Gasteiger partial charge in [0.05, 0.1) is 41.6 Å². The number of thiocarbonyl (C=S) groups is 1. The van der Waals surface area contributed by atoms with Gasteiger partial charge in [-0.15, -0.1) is 0 Å². The Bertz CT molecular complexity index is 1000. The van der Waals surface area contributed by atoms with Crippen LogP contribution in [0.4, 0.5) is 4.39 Å². The molecule has 1 aliphatic heterocycles. The van der Waals surface area contributed by atoms with Gasteiger partial charge in [0.15, 0.2) is 0 Å². The fraction of sp³-hybridized carbons (Fsp3) is 0.583. The molecule has 2 fully saturated rings. The zero-order chi connectivity index (χ0) is 20.9. The fourth-order valence-corrected chi connectivity index (χ4v) is 6.79. The SMILES string of the molecule is CCC1(C(O)CC2c3c(F)cccc3-c3cncn32)CC2CC[C@@H](N=C=S)C(C2)C1. The zero-order valence-corrected chi connectivity index (χ0v) is 18.1. The minimum absolute atomic E-state index is 0.155. The van der Waals surface area contributed by atoms with Crippen LogP contribution in [0.3, 0.4) is 0 Å². The third-order valence-corrected chi connectivity index (χ3v) is 8.26. The van der Waals surface area contributed by atoms with Crippen LogP contribution in [0.25, 0.3) is 11.3 Å². The van der Waals surface area contributed by atoms with E-state index in [1.807, 2.05) is 10.6 Å². The van der Waals surface area contributed by atoms with Crippen molar-refractivity contribution in [3.8, 4) is 11.3 Å². The Morgan fingerprint density at radius 2 is 2.27 bits per heavy atom. The van der Waals surface area contributed by atoms with Crippen LogP contribution in [-0.2, 0) is 0 Å². The van der Waals surface area contributed by atoms with E-state index in [0.29, 0.717) is 23.8 Å². The third-order valence-electron chi connectivity index (χ3n) is 8.15. The average Bonchev–Trinajstić information content (AvgIpc) is 3.33. The normalized spacial score (nSPS) is 32.8. The highest BCUT2D eigenvalue weighted by Crippen LogP contribution is 2.55. The lowest BCUT2D eigenvalue weighted by atomic mass is 9.56. The summed E-state index contributed by atoms with van der Waals surface area (Å²) in [7, 11) is 0. The molecule has 6 atom stereocenters. The van der Waals surface area contributed by atoms with Gasteiger partial charge in [-0.05, 0) is 80.5 Å². The summed E-state index contributed by atoms with van der Waals surface area (Å²) in [6.07, 6.45) is 9.87. The summed E-state index contributed by atoms with van der Waals surface area (Å²) in [6.45, 7) is 2.19. The van der Waals surface area contributed by atoms with Crippen LogP contribution in [0, 0.1) is 23.1 Å². The molecule has 1 aromatic heterocycles. The number of nitrogens with zero attached hydrogens (tertiary/aromatic N) is 3. The highest BCUT2D eigenvalue weighted by Gasteiger charge is 2.49. The maximum Gasteiger partial charge on any atom is 0.129 e. The molecule has 1 aromatic carbocycles. The Labute approximate surface area is 182 Å². The number of aliphatic hydroxyl groups excluding tert-OH is 1. The summed E-state index contributed by atoms with van der Waals surface area (Å²) >= 11 is 4.88. The van der Waals surface area contributed by atoms with Crippen LogP contribution < -0.4 is 0 Å². The number of halogens is 1. The molecular formula is C24H28FN3OS. The van der Waals surface area contributed by atoms with Crippen LogP contribution in [0.2, 0.25) is 0 Å². The Morgan fingerprint density at radius 1 is 1.40 bits per heavy atom. The van der Waals surface area contributed by atoms with Crippen LogP contribution in [-0.4, -0.2) is 32.0 Å². The lowest BCUT2D eigenvalue weighted by Gasteiger charge is -2.51. The summed E-state index contributed by atoms with van der Waals surface area (Å²) in [5, 5.41) is 14.2. The standard InChI is InChI=1S/C24H28FN3OS/c1-2-24(10-15-6-7-19(27-14-30)16(8-15)11-24)22(29)9-20-23-17(4-3-5-18(23)25)21-12-26-13-28(20)21/h3-5,12-13,15-16,19-20,22,29H,2,6-11H2,1H3/t15?,16?,19-,20?,22?,24?/m1/s1. The molecule has 2 aromatic rings. The molecule has 0 saturated heterocycles. The molecule has 5 rings (SSSR count). The van der Waals surface area contributed by atoms with E-state index < -0.39 is 6.10 Å². The minimum Gasteiger partial charge on any atom is -0.392 e. The lowest BCUT2D eigenvalue weighted by Crippen LogP contribution is -2.47. The second-order valence-corrected chi connectivity index (χ2v) is 9.69. The maximum absolute atomic E-state index is 14.8. The molecule has 6 heteroatoms. The van der Waals surface area contributed by atoms with Crippen LogP contribution in [0.1, 0.15) is 63.5 Å². The Hall–Kier alpha value is -1.88. The number of rotatable bonds is 5. The van der Waals surface area contributed by atoms with E-state index in [4.69, 9.17) is 12.2 Å². The van der Waals surface area contributed by atoms with Gasteiger partial charge < -0.3 is 9.67 Å². The minimum atomic E-state index is -0.506. The summed E-state index contributed by atoms with van der Waals surface area (Å²) < 4.78 is 16.9. The van der Waals surface area contributed by atoms with Gasteiger partial charge in [0.25, 0.3) is 0 Å². The number of isothiocyanates is 1. The number of hydrogen-bond donors (Lipinski definition) is 1. The van der Waals surface area contributed by atoms with E-state index in [0.717, 1.165) is 43.4 Å². The van der Waals surface area contributed by atoms with Crippen molar-refractivity contribution in [1.29, 1.82) is 0 Å². The summed E-state index contributed by atoms with van der Waals surface area (Å²) in [5.74, 6) is 0.889. The van der Waals surface area contributed by atoms with Crippen LogP contribution in [0.5, 0.6) is 0 Å². The van der Waals surface area contributed by atoms with Crippen molar-refractivity contribution in [3.63, 3.8) is 0 Å². The molecule has 4 nitrogen and oxygen atoms in total. The molecule has 2 heterocycles. The average molecular weight is 426 g/mol. The van der Waals surface area contributed by atoms with Gasteiger partial charge in [0, 0.05) is 11.1 Å². The Kier molecular flexibility index (Phi) is 5.12. The first kappa shape index (κ1) is 20.0. The first-order chi connectivity index (χ1) is 14.6. The molecule has 0 amide bonds. The van der Waals surface area contributed by atoms with Gasteiger partial charge in [0.1, 0.15) is 5.82 Å². The van der Waals surface area contributed by atoms with Crippen molar-refractivity contribution in [1.82, 2.24) is 9.55 Å². The summed E-state index contributed by atoms with van der Waals surface area (Å²) in [4.78, 5) is 8.74. The quantitative estimate of drug-likeness (QED) is 0.514. The predicted molar refractivity (Wildman–Crippen MR) is 118 cm³/mol. The monoisotopic (exact) mass is 425 g/mol. The summed E-state index contributed by atoms with van der Waals surface area (Å²) in [6, 6.07) is 5.24. The highest BCUT2D eigenvalue weighted by molar-refractivity contribution is 7.78. The second kappa shape index (κ2) is 7.67.